The molecule has 0 aromatic heterocycles. The predicted octanol–water partition coefficient (Wildman–Crippen LogP) is 3.00. The summed E-state index contributed by atoms with van der Waals surface area (Å²) in [5.74, 6) is 0.616. The highest BCUT2D eigenvalue weighted by Crippen LogP contribution is 2.27. The molecule has 3 nitrogen and oxygen atoms in total. The van der Waals surface area contributed by atoms with E-state index in [0.29, 0.717) is 29.0 Å². The van der Waals surface area contributed by atoms with Crippen LogP contribution in [0.15, 0.2) is 18.2 Å². The van der Waals surface area contributed by atoms with Crippen molar-refractivity contribution in [2.75, 3.05) is 32.9 Å². The van der Waals surface area contributed by atoms with Gasteiger partial charge in [0.25, 0.3) is 0 Å². The van der Waals surface area contributed by atoms with Crippen molar-refractivity contribution in [2.24, 2.45) is 0 Å². The number of nitrogens with one attached hydrogen (secondary N) is 1. The quantitative estimate of drug-likeness (QED) is 0.741. The molecule has 0 fully saturated rings. The van der Waals surface area contributed by atoms with Gasteiger partial charge in [0.2, 0.25) is 0 Å². The molecule has 0 radical (unpaired) electrons. The van der Waals surface area contributed by atoms with Gasteiger partial charge >= 0.3 is 0 Å². The summed E-state index contributed by atoms with van der Waals surface area (Å²) in [6.07, 6.45) is 0. The van der Waals surface area contributed by atoms with E-state index in [9.17, 15) is 0 Å². The maximum absolute atomic E-state index is 5.95. The Bertz CT molecular complexity index is 334. The Hall–Kier alpha value is -0.480. The fraction of sp³-hybridized carbons (Fsp3) is 0.500. The summed E-state index contributed by atoms with van der Waals surface area (Å²) in [6.45, 7) is 5.55. The van der Waals surface area contributed by atoms with E-state index in [1.54, 1.807) is 18.2 Å². The van der Waals surface area contributed by atoms with Gasteiger partial charge in [-0.15, -0.1) is 0 Å². The Morgan fingerprint density at radius 1 is 1.18 bits per heavy atom. The van der Waals surface area contributed by atoms with E-state index in [4.69, 9.17) is 32.7 Å². The van der Waals surface area contributed by atoms with Gasteiger partial charge < -0.3 is 14.8 Å². The minimum atomic E-state index is 0.548. The zero-order valence-electron chi connectivity index (χ0n) is 9.84. The van der Waals surface area contributed by atoms with E-state index in [2.05, 4.69) is 5.32 Å². The maximum Gasteiger partial charge on any atom is 0.139 e. The second kappa shape index (κ2) is 8.59. The van der Waals surface area contributed by atoms with Crippen LogP contribution in [0.5, 0.6) is 5.75 Å². The standard InChI is InChI=1S/C12H17Cl2NO2/c1-2-16-7-5-15-6-8-17-12-9-10(13)3-4-11(12)14/h3-4,9,15H,2,5-8H2,1H3. The molecule has 1 aromatic rings. The second-order valence-electron chi connectivity index (χ2n) is 3.37. The van der Waals surface area contributed by atoms with Crippen LogP contribution in [0.3, 0.4) is 0 Å². The van der Waals surface area contributed by atoms with Crippen LogP contribution in [0.2, 0.25) is 10.0 Å². The maximum atomic E-state index is 5.95. The van der Waals surface area contributed by atoms with Gasteiger partial charge in [0.1, 0.15) is 12.4 Å². The first-order chi connectivity index (χ1) is 8.24. The predicted molar refractivity (Wildman–Crippen MR) is 71.3 cm³/mol. The highest BCUT2D eigenvalue weighted by atomic mass is 35.5. The van der Waals surface area contributed by atoms with Gasteiger partial charge in [-0.05, 0) is 19.1 Å². The van der Waals surface area contributed by atoms with E-state index < -0.39 is 0 Å². The highest BCUT2D eigenvalue weighted by molar-refractivity contribution is 6.34. The van der Waals surface area contributed by atoms with Gasteiger partial charge in [-0.2, -0.15) is 0 Å². The van der Waals surface area contributed by atoms with E-state index in [1.807, 2.05) is 6.92 Å². The van der Waals surface area contributed by atoms with Crippen molar-refractivity contribution in [2.45, 2.75) is 6.92 Å². The molecule has 0 bridgehead atoms. The summed E-state index contributed by atoms with van der Waals surface area (Å²) < 4.78 is 10.7. The van der Waals surface area contributed by atoms with E-state index in [0.717, 1.165) is 19.7 Å². The highest BCUT2D eigenvalue weighted by Gasteiger charge is 2.01. The molecule has 0 aliphatic heterocycles. The molecule has 1 rings (SSSR count). The lowest BCUT2D eigenvalue weighted by Crippen LogP contribution is -2.25. The van der Waals surface area contributed by atoms with Gasteiger partial charge in [-0.1, -0.05) is 23.2 Å². The first kappa shape index (κ1) is 14.6. The lowest BCUT2D eigenvalue weighted by atomic mass is 10.3. The zero-order chi connectivity index (χ0) is 12.5. The molecule has 0 aliphatic rings. The third-order valence-electron chi connectivity index (χ3n) is 2.06. The largest absolute Gasteiger partial charge is 0.491 e. The van der Waals surface area contributed by atoms with Crippen LogP contribution in [0.25, 0.3) is 0 Å². The van der Waals surface area contributed by atoms with Crippen LogP contribution < -0.4 is 10.1 Å². The molecular weight excluding hydrogens is 261 g/mol. The number of benzene rings is 1. The van der Waals surface area contributed by atoms with Crippen LogP contribution in [-0.4, -0.2) is 32.9 Å². The first-order valence-corrected chi connectivity index (χ1v) is 6.36. The summed E-state index contributed by atoms with van der Waals surface area (Å²) >= 11 is 11.8. The normalized spacial score (nSPS) is 10.5. The molecule has 0 saturated carbocycles. The number of rotatable bonds is 8. The van der Waals surface area contributed by atoms with E-state index >= 15 is 0 Å². The molecule has 0 unspecified atom stereocenters. The third kappa shape index (κ3) is 6.13. The number of ether oxygens (including phenoxy) is 2. The average Bonchev–Trinajstić information content (AvgIpc) is 2.32. The van der Waals surface area contributed by atoms with Crippen LogP contribution in [-0.2, 0) is 4.74 Å². The number of halogens is 2. The molecule has 1 N–H and O–H groups in total. The Labute approximate surface area is 112 Å². The molecule has 5 heteroatoms. The first-order valence-electron chi connectivity index (χ1n) is 5.60. The smallest absolute Gasteiger partial charge is 0.139 e. The molecule has 17 heavy (non-hydrogen) atoms. The monoisotopic (exact) mass is 277 g/mol. The topological polar surface area (TPSA) is 30.5 Å². The Morgan fingerprint density at radius 3 is 2.71 bits per heavy atom. The van der Waals surface area contributed by atoms with Gasteiger partial charge in [0, 0.05) is 30.8 Å². The summed E-state index contributed by atoms with van der Waals surface area (Å²) in [4.78, 5) is 0. The summed E-state index contributed by atoms with van der Waals surface area (Å²) in [5.41, 5.74) is 0. The lowest BCUT2D eigenvalue weighted by Gasteiger charge is -2.09. The van der Waals surface area contributed by atoms with Gasteiger partial charge in [-0.3, -0.25) is 0 Å². The fourth-order valence-electron chi connectivity index (χ4n) is 1.23. The zero-order valence-corrected chi connectivity index (χ0v) is 11.4. The van der Waals surface area contributed by atoms with E-state index in [-0.39, 0.29) is 0 Å². The minimum absolute atomic E-state index is 0.548. The van der Waals surface area contributed by atoms with Gasteiger partial charge in [-0.25, -0.2) is 0 Å². The number of hydrogen-bond acceptors (Lipinski definition) is 3. The fourth-order valence-corrected chi connectivity index (χ4v) is 1.57. The molecule has 0 saturated heterocycles. The van der Waals surface area contributed by atoms with Crippen molar-refractivity contribution in [1.82, 2.24) is 5.32 Å². The lowest BCUT2D eigenvalue weighted by molar-refractivity contribution is 0.148. The summed E-state index contributed by atoms with van der Waals surface area (Å²) in [6, 6.07) is 5.17. The molecule has 0 amide bonds. The summed E-state index contributed by atoms with van der Waals surface area (Å²) in [5, 5.41) is 4.39. The summed E-state index contributed by atoms with van der Waals surface area (Å²) in [7, 11) is 0. The Kier molecular flexibility index (Phi) is 7.37. The third-order valence-corrected chi connectivity index (χ3v) is 2.60. The molecule has 0 atom stereocenters. The SMILES string of the molecule is CCOCCNCCOc1cc(Cl)ccc1Cl. The van der Waals surface area contributed by atoms with Gasteiger partial charge in [0.15, 0.2) is 0 Å². The van der Waals surface area contributed by atoms with Crippen molar-refractivity contribution in [1.29, 1.82) is 0 Å². The van der Waals surface area contributed by atoms with E-state index in [1.165, 1.54) is 0 Å². The molecular formula is C12H17Cl2NO2. The Balaban J connectivity index is 2.15. The Morgan fingerprint density at radius 2 is 1.94 bits per heavy atom. The molecule has 0 spiro atoms. The molecule has 1 aromatic carbocycles. The van der Waals surface area contributed by atoms with Crippen molar-refractivity contribution in [3.05, 3.63) is 28.2 Å². The van der Waals surface area contributed by atoms with Crippen molar-refractivity contribution >= 4 is 23.2 Å². The van der Waals surface area contributed by atoms with Crippen LogP contribution in [0.1, 0.15) is 6.92 Å². The molecule has 0 heterocycles. The van der Waals surface area contributed by atoms with Crippen molar-refractivity contribution in [3.63, 3.8) is 0 Å². The minimum Gasteiger partial charge on any atom is -0.491 e. The van der Waals surface area contributed by atoms with Gasteiger partial charge in [0.05, 0.1) is 11.6 Å². The second-order valence-corrected chi connectivity index (χ2v) is 4.21. The van der Waals surface area contributed by atoms with Crippen molar-refractivity contribution < 1.29 is 9.47 Å². The molecule has 96 valence electrons. The average molecular weight is 278 g/mol. The van der Waals surface area contributed by atoms with Crippen LogP contribution in [0.4, 0.5) is 0 Å². The van der Waals surface area contributed by atoms with Crippen molar-refractivity contribution in [3.8, 4) is 5.75 Å². The molecule has 0 aliphatic carbocycles. The van der Waals surface area contributed by atoms with Crippen LogP contribution >= 0.6 is 23.2 Å². The number of hydrogen-bond donors (Lipinski definition) is 1. The van der Waals surface area contributed by atoms with Crippen LogP contribution in [0, 0.1) is 0 Å².